The lowest BCUT2D eigenvalue weighted by Crippen LogP contribution is -2.41. The Morgan fingerprint density at radius 1 is 0.566 bits per heavy atom. The largest absolute Gasteiger partial charge is 0.416 e. The quantitative estimate of drug-likeness (QED) is 0.100. The third-order valence-corrected chi connectivity index (χ3v) is 12.5. The zero-order chi connectivity index (χ0) is 56.0. The minimum absolute atomic E-state index is 0.00672. The number of aliphatic hydroxyl groups is 1. The van der Waals surface area contributed by atoms with E-state index in [0.717, 1.165) is 42.5 Å². The molecule has 392 valence electrons. The minimum atomic E-state index is -4.64. The van der Waals surface area contributed by atoms with Crippen LogP contribution in [0.1, 0.15) is 75.2 Å². The summed E-state index contributed by atoms with van der Waals surface area (Å²) in [6.45, 7) is 27.0. The number of aromatic nitrogens is 8. The lowest BCUT2D eigenvalue weighted by molar-refractivity contribution is -0.138. The number of rotatable bonds is 10. The van der Waals surface area contributed by atoms with Crippen molar-refractivity contribution in [2.45, 2.75) is 92.0 Å². The number of alkyl halides is 6. The van der Waals surface area contributed by atoms with Crippen molar-refractivity contribution in [3.63, 3.8) is 0 Å². The molecule has 0 atom stereocenters. The second-order valence-electron chi connectivity index (χ2n) is 18.5. The van der Waals surface area contributed by atoms with E-state index in [0.29, 0.717) is 34.0 Å². The molecule has 0 aliphatic carbocycles. The third kappa shape index (κ3) is 10.3. The molecule has 0 saturated carbocycles. The van der Waals surface area contributed by atoms with E-state index < -0.39 is 57.1 Å². The summed E-state index contributed by atoms with van der Waals surface area (Å²) in [5.74, 6) is 0. The Morgan fingerprint density at radius 3 is 1.24 bits per heavy atom. The topological polar surface area (TPSA) is 179 Å². The van der Waals surface area contributed by atoms with Crippen molar-refractivity contribution in [1.29, 1.82) is 0 Å². The number of nitrogens with two attached hydrogens (primary N) is 1. The molecule has 0 saturated heterocycles. The molecule has 0 amide bonds. The monoisotopic (exact) mass is 1050 g/mol. The third-order valence-electron chi connectivity index (χ3n) is 12.5. The van der Waals surface area contributed by atoms with Crippen molar-refractivity contribution < 1.29 is 31.4 Å². The standard InChI is InChI=1S/C27H25F3N6O2.C27H24F3N5O3/c1-6-34-24(37)22(16(2)35(25(34)38)20-9-7-8-17(14-20)27(28,29)30)23-21(26(3,4)31)15-33-36(23)19-12-10-18(32-5)11-13-19;1-6-33-24(36)22(16(2)34(25(33)37)20-9-7-8-17(14-20)27(28,29)30)23-21(26(3,4)38)15-32-35(23)19-12-10-18(31-5)11-13-19/h7-15H,6,31H2,1-4H3;7-15,38H,6H2,1-4H3. The van der Waals surface area contributed by atoms with Gasteiger partial charge in [0.2, 0.25) is 0 Å². The molecule has 0 aliphatic rings. The van der Waals surface area contributed by atoms with Gasteiger partial charge in [-0.25, -0.2) is 28.6 Å². The second-order valence-corrected chi connectivity index (χ2v) is 18.5. The van der Waals surface area contributed by atoms with E-state index in [4.69, 9.17) is 18.9 Å². The van der Waals surface area contributed by atoms with Crippen molar-refractivity contribution >= 4 is 11.4 Å². The SMILES string of the molecule is [C-]#[N+]c1ccc(-n2ncc(C(C)(C)N)c2-c2c(C)n(-c3cccc(C(F)(F)F)c3)c(=O)n(CC)c2=O)cc1.[C-]#[N+]c1ccc(-n2ncc(C(C)(C)O)c2-c2c(C)n(-c3cccc(C(F)(F)F)c3)c(=O)n(CC)c2=O)cc1. The van der Waals surface area contributed by atoms with E-state index >= 15 is 0 Å². The van der Waals surface area contributed by atoms with E-state index in [-0.39, 0.29) is 58.2 Å². The van der Waals surface area contributed by atoms with Gasteiger partial charge in [0.1, 0.15) is 0 Å². The first-order valence-corrected chi connectivity index (χ1v) is 23.3. The minimum Gasteiger partial charge on any atom is -0.386 e. The van der Waals surface area contributed by atoms with Crippen LogP contribution in [0.2, 0.25) is 0 Å². The van der Waals surface area contributed by atoms with Gasteiger partial charge in [-0.1, -0.05) is 36.4 Å². The van der Waals surface area contributed by atoms with Gasteiger partial charge in [0.05, 0.1) is 87.5 Å². The highest BCUT2D eigenvalue weighted by atomic mass is 19.4. The van der Waals surface area contributed by atoms with Crippen molar-refractivity contribution in [1.82, 2.24) is 37.8 Å². The Labute approximate surface area is 430 Å². The highest BCUT2D eigenvalue weighted by molar-refractivity contribution is 5.71. The highest BCUT2D eigenvalue weighted by Gasteiger charge is 2.35. The van der Waals surface area contributed by atoms with Gasteiger partial charge >= 0.3 is 23.7 Å². The van der Waals surface area contributed by atoms with Crippen LogP contribution in [-0.4, -0.2) is 42.9 Å². The molecule has 4 heterocycles. The molecule has 76 heavy (non-hydrogen) atoms. The van der Waals surface area contributed by atoms with Crippen LogP contribution in [0, 0.1) is 27.0 Å². The van der Waals surface area contributed by atoms with Crippen molar-refractivity contribution in [3.05, 3.63) is 208 Å². The summed E-state index contributed by atoms with van der Waals surface area (Å²) in [4.78, 5) is 61.0. The Morgan fingerprint density at radius 2 is 0.921 bits per heavy atom. The fourth-order valence-electron chi connectivity index (χ4n) is 8.68. The average Bonchev–Trinajstić information content (AvgIpc) is 4.01. The van der Waals surface area contributed by atoms with Gasteiger partial charge in [0, 0.05) is 41.1 Å². The van der Waals surface area contributed by atoms with Gasteiger partial charge in [-0.15, -0.1) is 0 Å². The molecule has 0 unspecified atom stereocenters. The number of benzene rings is 4. The Balaban J connectivity index is 0.000000221. The van der Waals surface area contributed by atoms with Crippen LogP contribution in [-0.2, 0) is 36.6 Å². The summed E-state index contributed by atoms with van der Waals surface area (Å²) >= 11 is 0. The van der Waals surface area contributed by atoms with E-state index in [1.807, 2.05) is 0 Å². The summed E-state index contributed by atoms with van der Waals surface area (Å²) in [5, 5.41) is 19.8. The van der Waals surface area contributed by atoms with Crippen LogP contribution in [0.5, 0.6) is 0 Å². The Bertz CT molecular complexity index is 3620. The van der Waals surface area contributed by atoms with E-state index in [2.05, 4.69) is 19.9 Å². The molecule has 0 fully saturated rings. The number of hydrogen-bond donors (Lipinski definition) is 2. The number of hydrogen-bond acceptors (Lipinski definition) is 8. The van der Waals surface area contributed by atoms with E-state index in [1.165, 1.54) is 73.7 Å². The van der Waals surface area contributed by atoms with E-state index in [9.17, 15) is 50.6 Å². The number of halogens is 6. The summed E-state index contributed by atoms with van der Waals surface area (Å²) in [6.07, 6.45) is -6.35. The van der Waals surface area contributed by atoms with Gasteiger partial charge in [0.15, 0.2) is 11.4 Å². The molecule has 0 bridgehead atoms. The van der Waals surface area contributed by atoms with Crippen LogP contribution in [0.3, 0.4) is 0 Å². The zero-order valence-corrected chi connectivity index (χ0v) is 42.2. The smallest absolute Gasteiger partial charge is 0.386 e. The van der Waals surface area contributed by atoms with Gasteiger partial charge < -0.3 is 10.8 Å². The highest BCUT2D eigenvalue weighted by Crippen LogP contribution is 2.37. The van der Waals surface area contributed by atoms with Crippen LogP contribution >= 0.6 is 0 Å². The Hall–Kier alpha value is -8.86. The molecule has 0 radical (unpaired) electrons. The van der Waals surface area contributed by atoms with Gasteiger partial charge in [-0.2, -0.15) is 36.5 Å². The molecule has 0 spiro atoms. The lowest BCUT2D eigenvalue weighted by atomic mass is 9.93. The molecule has 8 aromatic rings. The van der Waals surface area contributed by atoms with Gasteiger partial charge in [-0.3, -0.25) is 27.9 Å². The second kappa shape index (κ2) is 20.5. The normalized spacial score (nSPS) is 12.0. The average molecular weight is 1050 g/mol. The van der Waals surface area contributed by atoms with Crippen molar-refractivity contribution in [2.24, 2.45) is 5.73 Å². The van der Waals surface area contributed by atoms with Crippen molar-refractivity contribution in [2.75, 3.05) is 0 Å². The predicted octanol–water partition coefficient (Wildman–Crippen LogP) is 9.92. The summed E-state index contributed by atoms with van der Waals surface area (Å²) in [6, 6.07) is 21.6. The summed E-state index contributed by atoms with van der Waals surface area (Å²) in [5.41, 5.74) is 2.48. The lowest BCUT2D eigenvalue weighted by Gasteiger charge is -2.23. The number of nitrogens with zero attached hydrogens (tertiary/aromatic N) is 10. The molecular weight excluding hydrogens is 997 g/mol. The fraction of sp³-hybridized carbons (Fsp3) is 0.259. The maximum absolute atomic E-state index is 13.8. The van der Waals surface area contributed by atoms with Crippen LogP contribution in [0.15, 0.2) is 129 Å². The van der Waals surface area contributed by atoms with E-state index in [1.54, 1.807) is 76.2 Å². The van der Waals surface area contributed by atoms with Crippen LogP contribution in [0.25, 0.3) is 55.0 Å². The zero-order valence-electron chi connectivity index (χ0n) is 42.2. The summed E-state index contributed by atoms with van der Waals surface area (Å²) in [7, 11) is 0. The Kier molecular flexibility index (Phi) is 14.8. The molecular formula is C54H49F6N11O5. The molecule has 0 aliphatic heterocycles. The maximum Gasteiger partial charge on any atom is 0.416 e. The van der Waals surface area contributed by atoms with Crippen molar-refractivity contribution in [3.8, 4) is 45.3 Å². The van der Waals surface area contributed by atoms with Crippen LogP contribution in [0.4, 0.5) is 37.7 Å². The first-order chi connectivity index (χ1) is 35.6. The van der Waals surface area contributed by atoms with Gasteiger partial charge in [-0.05, 0) is 116 Å². The van der Waals surface area contributed by atoms with Crippen LogP contribution < -0.4 is 28.2 Å². The predicted molar refractivity (Wildman–Crippen MR) is 274 cm³/mol. The molecule has 3 N–H and O–H groups in total. The first-order valence-electron chi connectivity index (χ1n) is 23.3. The fourth-order valence-corrected chi connectivity index (χ4v) is 8.68. The maximum atomic E-state index is 13.8. The molecule has 8 rings (SSSR count). The summed E-state index contributed by atoms with van der Waals surface area (Å²) < 4.78 is 87.8. The van der Waals surface area contributed by atoms with Gasteiger partial charge in [0.25, 0.3) is 11.1 Å². The molecule has 22 heteroatoms. The first kappa shape index (κ1) is 54.9. The molecule has 4 aromatic carbocycles. The molecule has 16 nitrogen and oxygen atoms in total. The molecule has 4 aromatic heterocycles.